The fraction of sp³-hybridized carbons (Fsp3) is 0. The highest BCUT2D eigenvalue weighted by Gasteiger charge is 1.57. The summed E-state index contributed by atoms with van der Waals surface area (Å²) in [6.45, 7) is 0. The molecule has 0 spiro atoms. The van der Waals surface area contributed by atoms with Gasteiger partial charge in [-0.05, 0) is 0 Å². The van der Waals surface area contributed by atoms with Crippen molar-refractivity contribution < 1.29 is 18.8 Å². The molecule has 0 atom stereocenters. The van der Waals surface area contributed by atoms with Crippen LogP contribution in [0.2, 0.25) is 0 Å². The van der Waals surface area contributed by atoms with Gasteiger partial charge in [0.2, 0.25) is 0 Å². The topological polar surface area (TPSA) is 55.8 Å². The zero-order chi connectivity index (χ0) is 4.99. The van der Waals surface area contributed by atoms with E-state index < -0.39 is 9.64 Å². The fourth-order valence-corrected chi connectivity index (χ4v) is 0.149. The highest BCUT2D eigenvalue weighted by Crippen LogP contribution is 1.67. The summed E-state index contributed by atoms with van der Waals surface area (Å²) in [5, 5.41) is 10.2. The third-order valence-corrected chi connectivity index (χ3v) is 0.425. The van der Waals surface area contributed by atoms with Gasteiger partial charge in [0.05, 0.1) is 0 Å². The van der Waals surface area contributed by atoms with Gasteiger partial charge in [0.25, 0.3) is 0 Å². The highest BCUT2D eigenvalue weighted by atomic mass is 32.8. The van der Waals surface area contributed by atoms with Gasteiger partial charge in [0, 0.05) is 0 Å². The third-order valence-electron chi connectivity index (χ3n) is 0.0860. The summed E-state index contributed by atoms with van der Waals surface area (Å²) in [6, 6.07) is 0. The predicted molar refractivity (Wildman–Crippen MR) is 20.2 cm³/mol. The molecule has 0 rings (SSSR count). The quantitative estimate of drug-likeness (QED) is 0.316. The Balaban J connectivity index is 3.07. The molecule has 6 heavy (non-hydrogen) atoms. The van der Waals surface area contributed by atoms with Gasteiger partial charge in [-0.1, -0.05) is 14.7 Å². The Kier molecular flexibility index (Phi) is 3.58. The van der Waals surface area contributed by atoms with Gasteiger partial charge in [0.15, 0.2) is 0 Å². The van der Waals surface area contributed by atoms with E-state index in [1.165, 1.54) is 0 Å². The van der Waals surface area contributed by atoms with E-state index in [9.17, 15) is 4.21 Å². The second-order valence-electron chi connectivity index (χ2n) is 0.347. The molecule has 0 amide bonds. The van der Waals surface area contributed by atoms with Crippen molar-refractivity contribution in [2.75, 3.05) is 0 Å². The molecule has 0 aromatic rings. The zero-order valence-corrected chi connectivity index (χ0v) is 4.12. The van der Waals surface area contributed by atoms with Gasteiger partial charge in [-0.2, -0.15) is 0 Å². The SMILES string of the molecule is O=[S-](=S)OOO. The summed E-state index contributed by atoms with van der Waals surface area (Å²) < 4.78 is 12.8. The molecule has 0 saturated heterocycles. The maximum Gasteiger partial charge on any atom is -0.0519 e. The Morgan fingerprint density at radius 2 is 2.33 bits per heavy atom. The third kappa shape index (κ3) is 4.25. The van der Waals surface area contributed by atoms with Crippen molar-refractivity contribution in [1.29, 1.82) is 0 Å². The maximum absolute atomic E-state index is 9.46. The first-order valence-corrected chi connectivity index (χ1v) is 2.85. The Morgan fingerprint density at radius 1 is 1.83 bits per heavy atom. The van der Waals surface area contributed by atoms with Crippen molar-refractivity contribution in [3.63, 3.8) is 0 Å². The summed E-state index contributed by atoms with van der Waals surface area (Å²) >= 11 is 3.84. The van der Waals surface area contributed by atoms with Crippen molar-refractivity contribution in [3.05, 3.63) is 0 Å². The van der Waals surface area contributed by atoms with Gasteiger partial charge in [-0.3, -0.25) is 4.33 Å². The summed E-state index contributed by atoms with van der Waals surface area (Å²) in [6.07, 6.45) is 0. The highest BCUT2D eigenvalue weighted by molar-refractivity contribution is 8.19. The molecular weight excluding hydrogens is 128 g/mol. The molecule has 6 heteroatoms. The Labute approximate surface area is 40.4 Å². The first kappa shape index (κ1) is 6.25. The van der Waals surface area contributed by atoms with E-state index in [1.54, 1.807) is 0 Å². The molecule has 0 fully saturated rings. The van der Waals surface area contributed by atoms with Gasteiger partial charge in [-0.25, -0.2) is 16.4 Å². The van der Waals surface area contributed by atoms with Crippen LogP contribution in [0.3, 0.4) is 0 Å². The average molecular weight is 129 g/mol. The van der Waals surface area contributed by atoms with E-state index in [1.807, 2.05) is 0 Å². The maximum atomic E-state index is 9.46. The number of hydrogen-bond donors (Lipinski definition) is 1. The van der Waals surface area contributed by atoms with Crippen LogP contribution < -0.4 is 0 Å². The van der Waals surface area contributed by atoms with Gasteiger partial charge >= 0.3 is 0 Å². The molecule has 0 aliphatic heterocycles. The second kappa shape index (κ2) is 3.44. The van der Waals surface area contributed by atoms with E-state index >= 15 is 0 Å². The van der Waals surface area contributed by atoms with E-state index in [0.29, 0.717) is 0 Å². The molecule has 38 valence electrons. The molecule has 0 aromatic carbocycles. The van der Waals surface area contributed by atoms with E-state index in [0.717, 1.165) is 0 Å². The minimum atomic E-state index is -1.95. The van der Waals surface area contributed by atoms with Crippen LogP contribution in [0.25, 0.3) is 0 Å². The van der Waals surface area contributed by atoms with Gasteiger partial charge in [0.1, 0.15) is 0 Å². The number of hydrogen-bond acceptors (Lipinski definition) is 6. The number of rotatable bonds is 2. The summed E-state index contributed by atoms with van der Waals surface area (Å²) in [5.41, 5.74) is 0. The summed E-state index contributed by atoms with van der Waals surface area (Å²) in [5.74, 6) is 0. The van der Waals surface area contributed by atoms with E-state index in [4.69, 9.17) is 5.26 Å². The molecule has 0 aliphatic carbocycles. The molecule has 0 aliphatic rings. The van der Waals surface area contributed by atoms with Crippen molar-refractivity contribution in [3.8, 4) is 0 Å². The van der Waals surface area contributed by atoms with Crippen LogP contribution in [0.5, 0.6) is 0 Å². The van der Waals surface area contributed by atoms with Crippen LogP contribution >= 0.6 is 0 Å². The molecule has 0 heterocycles. The standard InChI is InChI=1S/HO4S2/c1-3-4-6(2)5/h1H/q-1. The van der Waals surface area contributed by atoms with Crippen LogP contribution in [0, 0.1) is 0 Å². The summed E-state index contributed by atoms with van der Waals surface area (Å²) in [7, 11) is -1.95. The molecule has 4 nitrogen and oxygen atoms in total. The van der Waals surface area contributed by atoms with E-state index in [-0.39, 0.29) is 0 Å². The van der Waals surface area contributed by atoms with Crippen LogP contribution in [-0.2, 0) is 34.4 Å². The van der Waals surface area contributed by atoms with Gasteiger partial charge < -0.3 is 4.21 Å². The molecule has 0 radical (unpaired) electrons. The monoisotopic (exact) mass is 129 g/mol. The predicted octanol–water partition coefficient (Wildman–Crippen LogP) is -0.252. The Bertz CT molecular complexity index is 73.5. The van der Waals surface area contributed by atoms with Crippen molar-refractivity contribution in [1.82, 2.24) is 0 Å². The fourth-order valence-electron chi connectivity index (χ4n) is 0.0248. The van der Waals surface area contributed by atoms with Crippen molar-refractivity contribution >= 4 is 20.8 Å². The molecule has 0 unspecified atom stereocenters. The van der Waals surface area contributed by atoms with Gasteiger partial charge in [-0.15, -0.1) is 0 Å². The molecule has 0 aromatic heterocycles. The lowest BCUT2D eigenvalue weighted by molar-refractivity contribution is -0.433. The van der Waals surface area contributed by atoms with Crippen LogP contribution in [-0.4, -0.2) is 5.26 Å². The van der Waals surface area contributed by atoms with Crippen LogP contribution in [0.1, 0.15) is 0 Å². The first-order chi connectivity index (χ1) is 2.77. The Morgan fingerprint density at radius 3 is 2.33 bits per heavy atom. The zero-order valence-electron chi connectivity index (χ0n) is 2.49. The lowest BCUT2D eigenvalue weighted by Crippen LogP contribution is -1.81. The molecule has 0 saturated carbocycles. The van der Waals surface area contributed by atoms with Crippen LogP contribution in [0.15, 0.2) is 0 Å². The smallest absolute Gasteiger partial charge is 0.0519 e. The van der Waals surface area contributed by atoms with E-state index in [2.05, 4.69) is 20.6 Å². The normalized spacial score (nSPS) is 9.67. The molecular formula is HO4S2-. The first-order valence-electron chi connectivity index (χ1n) is 0.849. The van der Waals surface area contributed by atoms with Crippen molar-refractivity contribution in [2.24, 2.45) is 0 Å². The van der Waals surface area contributed by atoms with Crippen molar-refractivity contribution in [2.45, 2.75) is 0 Å². The molecule has 1 N–H and O–H groups in total. The lowest BCUT2D eigenvalue weighted by atomic mass is 14.6. The largest absolute Gasteiger partial charge is 0.422 e. The van der Waals surface area contributed by atoms with Crippen LogP contribution in [0.4, 0.5) is 0 Å². The molecule has 0 bridgehead atoms. The average Bonchev–Trinajstić information content (AvgIpc) is 1.35. The second-order valence-corrected chi connectivity index (χ2v) is 1.71. The minimum Gasteiger partial charge on any atom is -0.422 e. The lowest BCUT2D eigenvalue weighted by Gasteiger charge is -1.90. The summed E-state index contributed by atoms with van der Waals surface area (Å²) in [4.78, 5) is 0. The Hall–Kier alpha value is 0.250. The minimum absolute atomic E-state index is 1.95.